The van der Waals surface area contributed by atoms with Gasteiger partial charge in [0.25, 0.3) is 0 Å². The van der Waals surface area contributed by atoms with E-state index in [1.165, 1.54) is 17.0 Å². The van der Waals surface area contributed by atoms with Crippen molar-refractivity contribution in [3.05, 3.63) is 55.4 Å². The molecule has 0 aliphatic carbocycles. The van der Waals surface area contributed by atoms with Crippen LogP contribution in [0.1, 0.15) is 29.8 Å². The van der Waals surface area contributed by atoms with Gasteiger partial charge in [0.1, 0.15) is 5.82 Å². The maximum absolute atomic E-state index is 13.2. The summed E-state index contributed by atoms with van der Waals surface area (Å²) in [5.41, 5.74) is 0.950. The average Bonchev–Trinajstić information content (AvgIpc) is 2.80. The molecule has 1 aromatic heterocycles. The lowest BCUT2D eigenvalue weighted by Gasteiger charge is -2.19. The van der Waals surface area contributed by atoms with Gasteiger partial charge in [-0.2, -0.15) is 0 Å². The topological polar surface area (TPSA) is 12.0 Å². The predicted octanol–water partition coefficient (Wildman–Crippen LogP) is 5.59. The van der Waals surface area contributed by atoms with Gasteiger partial charge < -0.3 is 5.32 Å². The van der Waals surface area contributed by atoms with Crippen LogP contribution in [0.2, 0.25) is 5.02 Å². The van der Waals surface area contributed by atoms with Crippen LogP contribution >= 0.6 is 38.9 Å². The third-order valence-corrected chi connectivity index (χ3v) is 4.99. The Morgan fingerprint density at radius 3 is 2.75 bits per heavy atom. The maximum Gasteiger partial charge on any atom is 0.124 e. The molecule has 20 heavy (non-hydrogen) atoms. The van der Waals surface area contributed by atoms with E-state index in [1.807, 2.05) is 6.07 Å². The van der Waals surface area contributed by atoms with Gasteiger partial charge in [-0.3, -0.25) is 0 Å². The quantitative estimate of drug-likeness (QED) is 0.693. The third-order valence-electron chi connectivity index (χ3n) is 3.01. The van der Waals surface area contributed by atoms with Gasteiger partial charge in [0.05, 0.1) is 3.79 Å². The van der Waals surface area contributed by atoms with E-state index >= 15 is 0 Å². The summed E-state index contributed by atoms with van der Waals surface area (Å²) in [6.45, 7) is 3.03. The second kappa shape index (κ2) is 7.55. The van der Waals surface area contributed by atoms with Crippen LogP contribution in [0.25, 0.3) is 0 Å². The first-order chi connectivity index (χ1) is 9.60. The molecule has 0 spiro atoms. The monoisotopic (exact) mass is 375 g/mol. The third kappa shape index (κ3) is 4.29. The van der Waals surface area contributed by atoms with Gasteiger partial charge in [0.2, 0.25) is 0 Å². The second-order valence-corrected chi connectivity index (χ2v) is 7.54. The molecule has 1 heterocycles. The summed E-state index contributed by atoms with van der Waals surface area (Å²) >= 11 is 11.4. The molecular formula is C15H16BrClFNS. The minimum absolute atomic E-state index is 0.105. The minimum Gasteiger partial charge on any atom is -0.310 e. The highest BCUT2D eigenvalue weighted by Crippen LogP contribution is 2.30. The van der Waals surface area contributed by atoms with Crippen molar-refractivity contribution < 1.29 is 4.39 Å². The molecule has 0 aliphatic rings. The zero-order valence-electron chi connectivity index (χ0n) is 11.1. The average molecular weight is 377 g/mol. The number of nitrogens with one attached hydrogen (secondary N) is 1. The van der Waals surface area contributed by atoms with E-state index in [1.54, 1.807) is 17.4 Å². The second-order valence-electron chi connectivity index (χ2n) is 4.58. The Morgan fingerprint density at radius 2 is 2.15 bits per heavy atom. The SMILES string of the molecule is CCCNC(Cc1ccc(Br)s1)c1ccc(F)cc1Cl. The first-order valence-corrected chi connectivity index (χ1v) is 8.51. The molecule has 108 valence electrons. The molecule has 2 aromatic rings. The normalized spacial score (nSPS) is 12.6. The van der Waals surface area contributed by atoms with E-state index in [4.69, 9.17) is 11.6 Å². The van der Waals surface area contributed by atoms with Crippen molar-refractivity contribution in [1.29, 1.82) is 0 Å². The number of hydrogen-bond acceptors (Lipinski definition) is 2. The fraction of sp³-hybridized carbons (Fsp3) is 0.333. The Hall–Kier alpha value is -0.420. The Labute approximate surface area is 136 Å². The van der Waals surface area contributed by atoms with Crippen molar-refractivity contribution in [1.82, 2.24) is 5.32 Å². The minimum atomic E-state index is -0.299. The fourth-order valence-corrected chi connectivity index (χ4v) is 3.88. The molecule has 2 rings (SSSR count). The zero-order valence-corrected chi connectivity index (χ0v) is 14.3. The van der Waals surface area contributed by atoms with E-state index < -0.39 is 0 Å². The van der Waals surface area contributed by atoms with Crippen LogP contribution in [0.5, 0.6) is 0 Å². The molecule has 1 atom stereocenters. The number of halogens is 3. The standard InChI is InChI=1S/C15H16BrClFNS/c1-2-7-19-14(9-11-4-6-15(16)20-11)12-5-3-10(18)8-13(12)17/h3-6,8,14,19H,2,7,9H2,1H3. The van der Waals surface area contributed by atoms with Crippen molar-refractivity contribution in [3.8, 4) is 0 Å². The molecular weight excluding hydrogens is 361 g/mol. The number of thiophene rings is 1. The lowest BCUT2D eigenvalue weighted by molar-refractivity contribution is 0.530. The molecule has 5 heteroatoms. The Bertz CT molecular complexity index is 573. The number of hydrogen-bond donors (Lipinski definition) is 1. The highest BCUT2D eigenvalue weighted by Gasteiger charge is 2.16. The molecule has 1 N–H and O–H groups in total. The van der Waals surface area contributed by atoms with Crippen molar-refractivity contribution in [2.24, 2.45) is 0 Å². The van der Waals surface area contributed by atoms with Gasteiger partial charge in [0, 0.05) is 22.4 Å². The summed E-state index contributed by atoms with van der Waals surface area (Å²) in [4.78, 5) is 1.27. The van der Waals surface area contributed by atoms with Gasteiger partial charge in [0.15, 0.2) is 0 Å². The summed E-state index contributed by atoms with van der Waals surface area (Å²) in [5.74, 6) is -0.299. The van der Waals surface area contributed by atoms with E-state index in [0.717, 1.165) is 28.7 Å². The summed E-state index contributed by atoms with van der Waals surface area (Å²) < 4.78 is 14.3. The highest BCUT2D eigenvalue weighted by atomic mass is 79.9. The smallest absolute Gasteiger partial charge is 0.124 e. The summed E-state index contributed by atoms with van der Waals surface area (Å²) in [6, 6.07) is 8.87. The maximum atomic E-state index is 13.2. The number of benzene rings is 1. The summed E-state index contributed by atoms with van der Waals surface area (Å²) in [5, 5.41) is 3.97. The first-order valence-electron chi connectivity index (χ1n) is 6.52. The molecule has 0 amide bonds. The Kier molecular flexibility index (Phi) is 6.02. The lowest BCUT2D eigenvalue weighted by Crippen LogP contribution is -2.24. The van der Waals surface area contributed by atoms with Crippen molar-refractivity contribution in [3.63, 3.8) is 0 Å². The molecule has 0 fully saturated rings. The molecule has 1 aromatic carbocycles. The molecule has 1 unspecified atom stereocenters. The molecule has 1 nitrogen and oxygen atoms in total. The molecule has 0 bridgehead atoms. The first kappa shape index (κ1) is 16.0. The van der Waals surface area contributed by atoms with Gasteiger partial charge in [-0.25, -0.2) is 4.39 Å². The summed E-state index contributed by atoms with van der Waals surface area (Å²) in [7, 11) is 0. The van der Waals surface area contributed by atoms with Crippen LogP contribution in [-0.4, -0.2) is 6.54 Å². The van der Waals surface area contributed by atoms with Crippen LogP contribution in [0, 0.1) is 5.82 Å². The zero-order chi connectivity index (χ0) is 14.5. The molecule has 0 saturated heterocycles. The van der Waals surface area contributed by atoms with Gasteiger partial charge in [-0.1, -0.05) is 24.6 Å². The van der Waals surface area contributed by atoms with Gasteiger partial charge in [-0.15, -0.1) is 11.3 Å². The van der Waals surface area contributed by atoms with Crippen molar-refractivity contribution in [2.75, 3.05) is 6.54 Å². The highest BCUT2D eigenvalue weighted by molar-refractivity contribution is 9.11. The van der Waals surface area contributed by atoms with E-state index in [2.05, 4.69) is 34.2 Å². The predicted molar refractivity (Wildman–Crippen MR) is 88.2 cm³/mol. The molecule has 0 radical (unpaired) electrons. The van der Waals surface area contributed by atoms with E-state index in [9.17, 15) is 4.39 Å². The molecule has 0 saturated carbocycles. The van der Waals surface area contributed by atoms with Gasteiger partial charge >= 0.3 is 0 Å². The Balaban J connectivity index is 2.22. The van der Waals surface area contributed by atoms with Crippen LogP contribution in [0.4, 0.5) is 4.39 Å². The van der Waals surface area contributed by atoms with Crippen LogP contribution < -0.4 is 5.32 Å². The fourth-order valence-electron chi connectivity index (χ4n) is 2.06. The molecule has 0 aliphatic heterocycles. The number of rotatable bonds is 6. The van der Waals surface area contributed by atoms with E-state index in [-0.39, 0.29) is 11.9 Å². The van der Waals surface area contributed by atoms with Gasteiger partial charge in [-0.05, 0) is 58.7 Å². The van der Waals surface area contributed by atoms with Crippen LogP contribution in [0.3, 0.4) is 0 Å². The van der Waals surface area contributed by atoms with Crippen molar-refractivity contribution in [2.45, 2.75) is 25.8 Å². The van der Waals surface area contributed by atoms with Crippen molar-refractivity contribution >= 4 is 38.9 Å². The van der Waals surface area contributed by atoms with Crippen LogP contribution in [-0.2, 0) is 6.42 Å². The van der Waals surface area contributed by atoms with Crippen LogP contribution in [0.15, 0.2) is 34.1 Å². The lowest BCUT2D eigenvalue weighted by atomic mass is 10.0. The summed E-state index contributed by atoms with van der Waals surface area (Å²) in [6.07, 6.45) is 1.89. The Morgan fingerprint density at radius 1 is 1.35 bits per heavy atom. The van der Waals surface area contributed by atoms with E-state index in [0.29, 0.717) is 5.02 Å². The largest absolute Gasteiger partial charge is 0.310 e.